The van der Waals surface area contributed by atoms with Gasteiger partial charge in [-0.1, -0.05) is 6.92 Å². The predicted molar refractivity (Wildman–Crippen MR) is 86.3 cm³/mol. The minimum atomic E-state index is 0.571. The van der Waals surface area contributed by atoms with Crippen molar-refractivity contribution in [3.05, 3.63) is 15.6 Å². The van der Waals surface area contributed by atoms with Crippen LogP contribution in [0.2, 0.25) is 0 Å². The van der Waals surface area contributed by atoms with Gasteiger partial charge in [0.2, 0.25) is 0 Å². The molecule has 0 radical (unpaired) electrons. The summed E-state index contributed by atoms with van der Waals surface area (Å²) in [7, 11) is 1.84. The average molecular weight is 294 g/mol. The van der Waals surface area contributed by atoms with Crippen molar-refractivity contribution >= 4 is 17.3 Å². The average Bonchev–Trinajstić information content (AvgIpc) is 2.75. The van der Waals surface area contributed by atoms with Gasteiger partial charge in [-0.15, -0.1) is 11.3 Å². The number of guanidine groups is 1. The molecule has 1 saturated carbocycles. The molecule has 1 aliphatic carbocycles. The van der Waals surface area contributed by atoms with Crippen molar-refractivity contribution in [2.75, 3.05) is 7.05 Å². The smallest absolute Gasteiger partial charge is 0.191 e. The third-order valence-corrected chi connectivity index (χ3v) is 5.07. The van der Waals surface area contributed by atoms with Crippen LogP contribution in [0.5, 0.6) is 0 Å². The molecule has 0 spiro atoms. The first kappa shape index (κ1) is 15.3. The molecule has 1 aliphatic rings. The normalized spacial score (nSPS) is 23.7. The maximum Gasteiger partial charge on any atom is 0.191 e. The Morgan fingerprint density at radius 1 is 1.30 bits per heavy atom. The zero-order valence-corrected chi connectivity index (χ0v) is 13.8. The molecule has 0 bridgehead atoms. The van der Waals surface area contributed by atoms with Crippen LogP contribution in [0.1, 0.15) is 48.2 Å². The Balaban J connectivity index is 1.82. The fourth-order valence-corrected chi connectivity index (χ4v) is 3.57. The van der Waals surface area contributed by atoms with Gasteiger partial charge in [0.25, 0.3) is 0 Å². The second kappa shape index (κ2) is 7.07. The van der Waals surface area contributed by atoms with E-state index in [4.69, 9.17) is 0 Å². The van der Waals surface area contributed by atoms with Crippen LogP contribution in [0.15, 0.2) is 4.99 Å². The van der Waals surface area contributed by atoms with Crippen LogP contribution in [-0.4, -0.2) is 24.0 Å². The highest BCUT2D eigenvalue weighted by molar-refractivity contribution is 7.11. The maximum atomic E-state index is 4.46. The molecule has 2 rings (SSSR count). The predicted octanol–water partition coefficient (Wildman–Crippen LogP) is 3.00. The third-order valence-electron chi connectivity index (χ3n) is 4.00. The van der Waals surface area contributed by atoms with E-state index in [0.717, 1.165) is 29.1 Å². The van der Waals surface area contributed by atoms with E-state index < -0.39 is 0 Å². The molecule has 1 aromatic heterocycles. The minimum Gasteiger partial charge on any atom is -0.354 e. The molecule has 0 unspecified atom stereocenters. The number of aliphatic imine (C=N–C) groups is 1. The Morgan fingerprint density at radius 2 is 2.00 bits per heavy atom. The first-order chi connectivity index (χ1) is 9.58. The van der Waals surface area contributed by atoms with Crippen molar-refractivity contribution in [2.45, 2.75) is 59.0 Å². The van der Waals surface area contributed by atoms with E-state index in [1.807, 2.05) is 7.05 Å². The third kappa shape index (κ3) is 4.20. The molecule has 0 aromatic carbocycles. The lowest BCUT2D eigenvalue weighted by molar-refractivity contribution is 0.329. The quantitative estimate of drug-likeness (QED) is 0.665. The molecule has 20 heavy (non-hydrogen) atoms. The number of hydrogen-bond acceptors (Lipinski definition) is 3. The lowest BCUT2D eigenvalue weighted by atomic mass is 9.87. The van der Waals surface area contributed by atoms with Gasteiger partial charge < -0.3 is 10.6 Å². The summed E-state index contributed by atoms with van der Waals surface area (Å²) in [5, 5.41) is 8.08. The molecule has 2 N–H and O–H groups in total. The number of aryl methyl sites for hydroxylation is 2. The second-order valence-corrected chi connectivity index (χ2v) is 7.06. The van der Waals surface area contributed by atoms with Crippen molar-refractivity contribution in [3.8, 4) is 0 Å². The van der Waals surface area contributed by atoms with Crippen molar-refractivity contribution in [1.29, 1.82) is 0 Å². The van der Waals surface area contributed by atoms with E-state index in [-0.39, 0.29) is 0 Å². The van der Waals surface area contributed by atoms with Crippen LogP contribution in [0.4, 0.5) is 0 Å². The fraction of sp³-hybridized carbons (Fsp3) is 0.733. The molecule has 5 heteroatoms. The van der Waals surface area contributed by atoms with Gasteiger partial charge in [0.05, 0.1) is 17.2 Å². The summed E-state index contributed by atoms with van der Waals surface area (Å²) < 4.78 is 0. The van der Waals surface area contributed by atoms with Crippen molar-refractivity contribution in [1.82, 2.24) is 15.6 Å². The maximum absolute atomic E-state index is 4.46. The molecule has 0 saturated heterocycles. The molecule has 1 heterocycles. The van der Waals surface area contributed by atoms with Gasteiger partial charge >= 0.3 is 0 Å². The molecule has 0 amide bonds. The Kier molecular flexibility index (Phi) is 5.40. The molecule has 1 fully saturated rings. The van der Waals surface area contributed by atoms with Gasteiger partial charge in [0, 0.05) is 18.0 Å². The fourth-order valence-electron chi connectivity index (χ4n) is 2.69. The number of thiazole rings is 1. The van der Waals surface area contributed by atoms with Crippen LogP contribution in [-0.2, 0) is 6.54 Å². The highest BCUT2D eigenvalue weighted by Crippen LogP contribution is 2.23. The summed E-state index contributed by atoms with van der Waals surface area (Å²) in [6.45, 7) is 7.27. The number of aromatic nitrogens is 1. The van der Waals surface area contributed by atoms with Crippen LogP contribution in [0.3, 0.4) is 0 Å². The van der Waals surface area contributed by atoms with Gasteiger partial charge in [0.15, 0.2) is 5.96 Å². The van der Waals surface area contributed by atoms with Gasteiger partial charge in [-0.05, 0) is 45.4 Å². The van der Waals surface area contributed by atoms with Crippen LogP contribution < -0.4 is 10.6 Å². The Morgan fingerprint density at radius 3 is 2.55 bits per heavy atom. The molecule has 4 nitrogen and oxygen atoms in total. The largest absolute Gasteiger partial charge is 0.354 e. The Hall–Kier alpha value is -1.10. The zero-order valence-electron chi connectivity index (χ0n) is 13.0. The van der Waals surface area contributed by atoms with E-state index in [0.29, 0.717) is 6.04 Å². The SMILES string of the molecule is CN=C(NCc1sc(C)nc1C)NC1CCC(C)CC1. The van der Waals surface area contributed by atoms with E-state index in [1.165, 1.54) is 30.6 Å². The number of rotatable bonds is 3. The van der Waals surface area contributed by atoms with Gasteiger partial charge in [-0.2, -0.15) is 0 Å². The van der Waals surface area contributed by atoms with Crippen molar-refractivity contribution < 1.29 is 0 Å². The molecule has 112 valence electrons. The van der Waals surface area contributed by atoms with Crippen LogP contribution in [0.25, 0.3) is 0 Å². The minimum absolute atomic E-state index is 0.571. The van der Waals surface area contributed by atoms with Crippen molar-refractivity contribution in [2.24, 2.45) is 10.9 Å². The molecule has 0 aliphatic heterocycles. The van der Waals surface area contributed by atoms with E-state index in [2.05, 4.69) is 41.4 Å². The van der Waals surface area contributed by atoms with Crippen LogP contribution in [0, 0.1) is 19.8 Å². The summed E-state index contributed by atoms with van der Waals surface area (Å²) in [6.07, 6.45) is 5.14. The monoisotopic (exact) mass is 294 g/mol. The molecule has 1 aromatic rings. The highest BCUT2D eigenvalue weighted by Gasteiger charge is 2.18. The topological polar surface area (TPSA) is 49.3 Å². The van der Waals surface area contributed by atoms with E-state index in [1.54, 1.807) is 11.3 Å². The van der Waals surface area contributed by atoms with Gasteiger partial charge in [0.1, 0.15) is 0 Å². The standard InChI is InChI=1S/C15H26N4S/c1-10-5-7-13(8-6-10)19-15(16-4)17-9-14-11(2)18-12(3)20-14/h10,13H,5-9H2,1-4H3,(H2,16,17,19). The van der Waals surface area contributed by atoms with E-state index in [9.17, 15) is 0 Å². The Labute approximate surface area is 126 Å². The summed E-state index contributed by atoms with van der Waals surface area (Å²) in [6, 6.07) is 0.571. The lowest BCUT2D eigenvalue weighted by Gasteiger charge is -2.28. The molecular weight excluding hydrogens is 268 g/mol. The summed E-state index contributed by atoms with van der Waals surface area (Å²) in [5.41, 5.74) is 1.13. The summed E-state index contributed by atoms with van der Waals surface area (Å²) in [5.74, 6) is 1.79. The summed E-state index contributed by atoms with van der Waals surface area (Å²) >= 11 is 1.76. The number of hydrogen-bond donors (Lipinski definition) is 2. The summed E-state index contributed by atoms with van der Waals surface area (Å²) in [4.78, 5) is 10.1. The first-order valence-corrected chi connectivity index (χ1v) is 8.30. The first-order valence-electron chi connectivity index (χ1n) is 7.48. The second-order valence-electron chi connectivity index (χ2n) is 5.77. The zero-order chi connectivity index (χ0) is 14.5. The van der Waals surface area contributed by atoms with Gasteiger partial charge in [-0.3, -0.25) is 4.99 Å². The van der Waals surface area contributed by atoms with Crippen LogP contribution >= 0.6 is 11.3 Å². The van der Waals surface area contributed by atoms with E-state index >= 15 is 0 Å². The number of nitrogens with one attached hydrogen (secondary N) is 2. The molecule has 0 atom stereocenters. The van der Waals surface area contributed by atoms with Gasteiger partial charge in [-0.25, -0.2) is 4.98 Å². The molecular formula is C15H26N4S. The lowest BCUT2D eigenvalue weighted by Crippen LogP contribution is -2.44. The van der Waals surface area contributed by atoms with Crippen molar-refractivity contribution in [3.63, 3.8) is 0 Å². The Bertz CT molecular complexity index is 458. The highest BCUT2D eigenvalue weighted by atomic mass is 32.1. The number of nitrogens with zero attached hydrogens (tertiary/aromatic N) is 2.